The van der Waals surface area contributed by atoms with Gasteiger partial charge in [0.2, 0.25) is 15.9 Å². The fourth-order valence-corrected chi connectivity index (χ4v) is 6.82. The molecule has 10 heteroatoms. The second-order valence-electron chi connectivity index (χ2n) is 9.41. The van der Waals surface area contributed by atoms with Crippen LogP contribution in [-0.2, 0) is 20.2 Å². The number of pyridine rings is 1. The van der Waals surface area contributed by atoms with E-state index < -0.39 is 15.4 Å². The molecule has 1 saturated heterocycles. The van der Waals surface area contributed by atoms with Crippen LogP contribution in [0.2, 0.25) is 5.02 Å². The number of hydrogen-bond acceptors (Lipinski definition) is 6. The predicted molar refractivity (Wildman–Crippen MR) is 145 cm³/mol. The van der Waals surface area contributed by atoms with Crippen LogP contribution in [0.3, 0.4) is 0 Å². The average molecular weight is 546 g/mol. The molecule has 2 N–H and O–H groups in total. The van der Waals surface area contributed by atoms with Crippen LogP contribution in [0.15, 0.2) is 65.6 Å². The lowest BCUT2D eigenvalue weighted by molar-refractivity contribution is -0.118. The Morgan fingerprint density at radius 2 is 1.97 bits per heavy atom. The minimum atomic E-state index is -3.69. The number of aliphatic hydroxyl groups excluding tert-OH is 1. The van der Waals surface area contributed by atoms with Crippen LogP contribution >= 0.6 is 11.6 Å². The Morgan fingerprint density at radius 3 is 2.62 bits per heavy atom. The number of benzene rings is 2. The second-order valence-corrected chi connectivity index (χ2v) is 11.7. The molecule has 2 aliphatic rings. The first-order chi connectivity index (χ1) is 17.8. The highest BCUT2D eigenvalue weighted by molar-refractivity contribution is 7.89. The molecule has 3 aromatic rings. The van der Waals surface area contributed by atoms with Crippen molar-refractivity contribution in [3.8, 4) is 17.0 Å². The van der Waals surface area contributed by atoms with E-state index in [4.69, 9.17) is 16.3 Å². The molecule has 5 rings (SSSR count). The Labute approximate surface area is 224 Å². The van der Waals surface area contributed by atoms with Gasteiger partial charge in [-0.15, -0.1) is 0 Å². The molecule has 0 spiro atoms. The molecular weight excluding hydrogens is 514 g/mol. The summed E-state index contributed by atoms with van der Waals surface area (Å²) in [6, 6.07) is 16.9. The molecule has 1 saturated carbocycles. The maximum atomic E-state index is 13.2. The highest BCUT2D eigenvalue weighted by Crippen LogP contribution is 2.50. The van der Waals surface area contributed by atoms with Crippen LogP contribution in [0.4, 0.5) is 5.82 Å². The summed E-state index contributed by atoms with van der Waals surface area (Å²) in [4.78, 5) is 18.0. The fourth-order valence-electron chi connectivity index (χ4n) is 4.88. The van der Waals surface area contributed by atoms with Crippen molar-refractivity contribution in [3.05, 3.63) is 71.2 Å². The Kier molecular flexibility index (Phi) is 6.97. The SMILES string of the molecule is COc1ccc(C2(C(=O)Nc3cccc(-c4ccc(S(=O)(=O)N5CCC[C@@H]5CO)cc4)n3)CC2)cc1Cl.[HH].[HH]. The van der Waals surface area contributed by atoms with Gasteiger partial charge in [-0.3, -0.25) is 4.79 Å². The maximum absolute atomic E-state index is 13.2. The molecule has 0 radical (unpaired) electrons. The van der Waals surface area contributed by atoms with Crippen molar-refractivity contribution in [1.29, 1.82) is 0 Å². The molecule has 8 nitrogen and oxygen atoms in total. The Bertz CT molecular complexity index is 1440. The van der Waals surface area contributed by atoms with E-state index in [0.717, 1.165) is 17.5 Å². The molecule has 0 bridgehead atoms. The number of nitrogens with one attached hydrogen (secondary N) is 1. The molecule has 2 aromatic carbocycles. The number of hydrogen-bond donors (Lipinski definition) is 2. The molecular formula is C27H32ClN3O5S. The summed E-state index contributed by atoms with van der Waals surface area (Å²) >= 11 is 6.29. The first-order valence-electron chi connectivity index (χ1n) is 12.1. The number of nitrogens with zero attached hydrogens (tertiary/aromatic N) is 2. The number of carbonyl (C=O) groups excluding carboxylic acids is 1. The van der Waals surface area contributed by atoms with E-state index in [-0.39, 0.29) is 26.3 Å². The molecule has 1 atom stereocenters. The van der Waals surface area contributed by atoms with Gasteiger partial charge >= 0.3 is 0 Å². The van der Waals surface area contributed by atoms with Gasteiger partial charge in [0.1, 0.15) is 11.6 Å². The second kappa shape index (κ2) is 10.1. The Balaban J connectivity index is 0.00000210. The van der Waals surface area contributed by atoms with Crippen molar-refractivity contribution in [1.82, 2.24) is 9.29 Å². The number of ether oxygens (including phenoxy) is 1. The maximum Gasteiger partial charge on any atom is 0.243 e. The largest absolute Gasteiger partial charge is 0.495 e. The fraction of sp³-hybridized carbons (Fsp3) is 0.333. The van der Waals surface area contributed by atoms with Crippen LogP contribution in [0.5, 0.6) is 5.75 Å². The molecule has 1 amide bonds. The number of carbonyl (C=O) groups is 1. The summed E-state index contributed by atoms with van der Waals surface area (Å²) in [5.74, 6) is 0.820. The number of halogens is 1. The van der Waals surface area contributed by atoms with Crippen LogP contribution in [0.25, 0.3) is 11.3 Å². The third-order valence-electron chi connectivity index (χ3n) is 7.17. The van der Waals surface area contributed by atoms with Gasteiger partial charge in [-0.25, -0.2) is 13.4 Å². The van der Waals surface area contributed by atoms with Crippen molar-refractivity contribution < 1.29 is 25.9 Å². The molecule has 1 aliphatic carbocycles. The van der Waals surface area contributed by atoms with Gasteiger partial charge in [0, 0.05) is 21.0 Å². The predicted octanol–water partition coefficient (Wildman–Crippen LogP) is 4.72. The highest BCUT2D eigenvalue weighted by Gasteiger charge is 2.51. The first kappa shape index (κ1) is 25.7. The van der Waals surface area contributed by atoms with Crippen molar-refractivity contribution in [3.63, 3.8) is 0 Å². The Morgan fingerprint density at radius 1 is 1.22 bits per heavy atom. The zero-order valence-corrected chi connectivity index (χ0v) is 21.9. The quantitative estimate of drug-likeness (QED) is 0.424. The lowest BCUT2D eigenvalue weighted by Crippen LogP contribution is -2.37. The summed E-state index contributed by atoms with van der Waals surface area (Å²) in [6.45, 7) is 0.218. The van der Waals surface area contributed by atoms with E-state index in [1.807, 2.05) is 6.07 Å². The molecule has 37 heavy (non-hydrogen) atoms. The van der Waals surface area contributed by atoms with Crippen LogP contribution < -0.4 is 10.1 Å². The number of anilines is 1. The monoisotopic (exact) mass is 545 g/mol. The minimum absolute atomic E-state index is 0. The number of sulfonamides is 1. The normalized spacial score (nSPS) is 18.9. The van der Waals surface area contributed by atoms with Crippen molar-refractivity contribution in [2.45, 2.75) is 42.0 Å². The summed E-state index contributed by atoms with van der Waals surface area (Å²) in [5, 5.41) is 12.9. The number of rotatable bonds is 8. The van der Waals surface area contributed by atoms with E-state index in [1.165, 1.54) is 4.31 Å². The van der Waals surface area contributed by atoms with Gasteiger partial charge in [-0.1, -0.05) is 35.9 Å². The summed E-state index contributed by atoms with van der Waals surface area (Å²) in [7, 11) is -2.14. The minimum Gasteiger partial charge on any atom is -0.495 e. The highest BCUT2D eigenvalue weighted by atomic mass is 35.5. The zero-order chi connectivity index (χ0) is 26.2. The lowest BCUT2D eigenvalue weighted by Gasteiger charge is -2.22. The molecule has 1 aliphatic heterocycles. The van der Waals surface area contributed by atoms with E-state index in [0.29, 0.717) is 48.1 Å². The number of methoxy groups -OCH3 is 1. The van der Waals surface area contributed by atoms with Crippen molar-refractivity contribution in [2.24, 2.45) is 0 Å². The molecule has 198 valence electrons. The molecule has 1 aromatic heterocycles. The summed E-state index contributed by atoms with van der Waals surface area (Å²) < 4.78 is 32.7. The number of aliphatic hydroxyl groups is 1. The van der Waals surface area contributed by atoms with E-state index in [9.17, 15) is 18.3 Å². The van der Waals surface area contributed by atoms with Gasteiger partial charge < -0.3 is 15.2 Å². The van der Waals surface area contributed by atoms with E-state index >= 15 is 0 Å². The van der Waals surface area contributed by atoms with Gasteiger partial charge in [-0.2, -0.15) is 4.31 Å². The van der Waals surface area contributed by atoms with E-state index in [1.54, 1.807) is 61.7 Å². The smallest absolute Gasteiger partial charge is 0.243 e. The van der Waals surface area contributed by atoms with Crippen molar-refractivity contribution in [2.75, 3.05) is 25.6 Å². The standard InChI is InChI=1S/C27H28ClN3O5S.2H2/c1-36-24-12-9-19(16-22(24)28)27(13-14-27)26(33)30-25-6-2-5-23(29-25)18-7-10-21(11-8-18)37(34,35)31-15-3-4-20(31)17-32;;/h2,5-12,16,20,32H,3-4,13-15,17H2,1H3,(H,29,30,33);2*1H/t20-;;/m1../s1. The summed E-state index contributed by atoms with van der Waals surface area (Å²) in [5.41, 5.74) is 1.52. The van der Waals surface area contributed by atoms with Gasteiger partial charge in [-0.05, 0) is 67.6 Å². The van der Waals surface area contributed by atoms with Crippen LogP contribution in [0.1, 0.15) is 34.1 Å². The molecule has 2 fully saturated rings. The van der Waals surface area contributed by atoms with Crippen LogP contribution in [0, 0.1) is 0 Å². The number of amides is 1. The van der Waals surface area contributed by atoms with Gasteiger partial charge in [0.15, 0.2) is 0 Å². The average Bonchev–Trinajstić information content (AvgIpc) is 3.58. The van der Waals surface area contributed by atoms with Crippen LogP contribution in [-0.4, -0.2) is 55.0 Å². The topological polar surface area (TPSA) is 109 Å². The lowest BCUT2D eigenvalue weighted by atomic mass is 9.95. The molecule has 2 heterocycles. The van der Waals surface area contributed by atoms with Crippen molar-refractivity contribution >= 4 is 33.3 Å². The third kappa shape index (κ3) is 4.84. The zero-order valence-electron chi connectivity index (χ0n) is 20.4. The van der Waals surface area contributed by atoms with E-state index in [2.05, 4.69) is 10.3 Å². The molecule has 0 unspecified atom stereocenters. The van der Waals surface area contributed by atoms with Gasteiger partial charge in [0.05, 0.1) is 34.7 Å². The number of aromatic nitrogens is 1. The Hall–Kier alpha value is -2.98. The summed E-state index contributed by atoms with van der Waals surface area (Å²) in [6.07, 6.45) is 2.82. The van der Waals surface area contributed by atoms with Gasteiger partial charge in [0.25, 0.3) is 0 Å². The first-order valence-corrected chi connectivity index (χ1v) is 14.0. The third-order valence-corrected chi connectivity index (χ3v) is 9.43.